The van der Waals surface area contributed by atoms with Crippen molar-refractivity contribution in [3.63, 3.8) is 0 Å². The van der Waals surface area contributed by atoms with Gasteiger partial charge in [0.1, 0.15) is 13.2 Å². The van der Waals surface area contributed by atoms with Gasteiger partial charge in [-0.2, -0.15) is 0 Å². The molecule has 0 radical (unpaired) electrons. The Kier molecular flexibility index (Phi) is 66.7. The zero-order valence-corrected chi connectivity index (χ0v) is 54.2. The minimum Gasteiger partial charge on any atom is -0.462 e. The van der Waals surface area contributed by atoms with Crippen LogP contribution in [0, 0.1) is 0 Å². The molecule has 0 saturated carbocycles. The third kappa shape index (κ3) is 67.1. The second-order valence-electron chi connectivity index (χ2n) is 23.4. The van der Waals surface area contributed by atoms with Crippen LogP contribution in [0.4, 0.5) is 0 Å². The maximum absolute atomic E-state index is 12.9. The summed E-state index contributed by atoms with van der Waals surface area (Å²) in [6.45, 7) is 6.51. The quantitative estimate of drug-likeness (QED) is 0.0261. The minimum absolute atomic E-state index is 0.0877. The molecule has 0 saturated heterocycles. The summed E-state index contributed by atoms with van der Waals surface area (Å²) in [6.07, 6.45) is 94.4. The van der Waals surface area contributed by atoms with E-state index in [1.165, 1.54) is 193 Å². The third-order valence-corrected chi connectivity index (χ3v) is 15.3. The molecule has 1 atom stereocenters. The third-order valence-electron chi connectivity index (χ3n) is 15.3. The number of hydrogen-bond acceptors (Lipinski definition) is 6. The fourth-order valence-electron chi connectivity index (χ4n) is 10.0. The molecular weight excluding hydrogens is 1010 g/mol. The van der Waals surface area contributed by atoms with Gasteiger partial charge in [0, 0.05) is 19.3 Å². The van der Waals surface area contributed by atoms with Gasteiger partial charge in [-0.3, -0.25) is 14.4 Å². The van der Waals surface area contributed by atoms with E-state index in [9.17, 15) is 14.4 Å². The van der Waals surface area contributed by atoms with Crippen LogP contribution in [0.2, 0.25) is 0 Å². The van der Waals surface area contributed by atoms with Gasteiger partial charge in [-0.1, -0.05) is 304 Å². The number of rotatable bonds is 64. The first kappa shape index (κ1) is 78.3. The largest absolute Gasteiger partial charge is 0.462 e. The molecule has 0 aliphatic carbocycles. The summed E-state index contributed by atoms with van der Waals surface area (Å²) in [5.41, 5.74) is 0. The monoisotopic (exact) mass is 1140 g/mol. The van der Waals surface area contributed by atoms with Crippen molar-refractivity contribution in [2.45, 2.75) is 354 Å². The van der Waals surface area contributed by atoms with Gasteiger partial charge < -0.3 is 14.2 Å². The molecule has 82 heavy (non-hydrogen) atoms. The summed E-state index contributed by atoms with van der Waals surface area (Å²) in [7, 11) is 0. The fourth-order valence-corrected chi connectivity index (χ4v) is 10.0. The number of ether oxygens (including phenoxy) is 3. The first-order chi connectivity index (χ1) is 40.5. The Balaban J connectivity index is 4.20. The lowest BCUT2D eigenvalue weighted by Crippen LogP contribution is -2.30. The van der Waals surface area contributed by atoms with E-state index >= 15 is 0 Å². The van der Waals surface area contributed by atoms with Gasteiger partial charge in [0.25, 0.3) is 0 Å². The lowest BCUT2D eigenvalue weighted by molar-refractivity contribution is -0.167. The van der Waals surface area contributed by atoms with Crippen LogP contribution in [-0.4, -0.2) is 37.2 Å². The molecular formula is C76H132O6. The average Bonchev–Trinajstić information content (AvgIpc) is 3.48. The maximum atomic E-state index is 12.9. The molecule has 0 aliphatic rings. The van der Waals surface area contributed by atoms with E-state index in [1.54, 1.807) is 0 Å². The molecule has 6 nitrogen and oxygen atoms in total. The highest BCUT2D eigenvalue weighted by Gasteiger charge is 2.19. The topological polar surface area (TPSA) is 78.9 Å². The second-order valence-corrected chi connectivity index (χ2v) is 23.4. The Morgan fingerprint density at radius 3 is 0.756 bits per heavy atom. The van der Waals surface area contributed by atoms with Crippen LogP contribution in [0.1, 0.15) is 348 Å². The molecule has 0 N–H and O–H groups in total. The summed E-state index contributed by atoms with van der Waals surface area (Å²) in [6, 6.07) is 0. The van der Waals surface area contributed by atoms with Crippen LogP contribution in [0.15, 0.2) is 97.2 Å². The highest BCUT2D eigenvalue weighted by atomic mass is 16.6. The van der Waals surface area contributed by atoms with Crippen molar-refractivity contribution in [2.24, 2.45) is 0 Å². The molecule has 0 aliphatic heterocycles. The standard InChI is InChI=1S/C76H132O6/c1-4-7-10-13-16-19-22-25-28-30-31-32-33-34-35-36-37-38-39-40-41-42-43-44-45-47-48-51-54-57-60-63-66-69-75(78)81-72-73(71-80-74(77)68-65-62-59-56-53-50-27-24-21-18-15-12-9-6-3)82-76(79)70-67-64-61-58-55-52-49-46-29-26-23-20-17-14-11-8-5-2/h8,11,17,20,22,24-27,29-31,33-34,49,52,73H,4-7,9-10,12-16,18-19,21,23,28,32,35-48,50-51,53-72H2,1-3H3/b11-8-,20-17-,25-22-,27-24-,29-26-,31-30-,34-33-,52-49-. The highest BCUT2D eigenvalue weighted by Crippen LogP contribution is 2.17. The Morgan fingerprint density at radius 2 is 0.476 bits per heavy atom. The molecule has 0 spiro atoms. The van der Waals surface area contributed by atoms with Crippen molar-refractivity contribution in [3.05, 3.63) is 97.2 Å². The van der Waals surface area contributed by atoms with Gasteiger partial charge in [-0.05, 0) is 122 Å². The van der Waals surface area contributed by atoms with Crippen LogP contribution >= 0.6 is 0 Å². The molecule has 6 heteroatoms. The van der Waals surface area contributed by atoms with Crippen LogP contribution in [0.5, 0.6) is 0 Å². The van der Waals surface area contributed by atoms with E-state index < -0.39 is 6.10 Å². The van der Waals surface area contributed by atoms with E-state index in [0.717, 1.165) is 116 Å². The van der Waals surface area contributed by atoms with E-state index in [4.69, 9.17) is 14.2 Å². The van der Waals surface area contributed by atoms with Gasteiger partial charge >= 0.3 is 17.9 Å². The van der Waals surface area contributed by atoms with Crippen molar-refractivity contribution >= 4 is 17.9 Å². The molecule has 0 aromatic carbocycles. The van der Waals surface area contributed by atoms with Crippen molar-refractivity contribution in [3.8, 4) is 0 Å². The number of unbranched alkanes of at least 4 members (excludes halogenated alkanes) is 37. The zero-order chi connectivity index (χ0) is 59.2. The summed E-state index contributed by atoms with van der Waals surface area (Å²) in [4.78, 5) is 38.4. The smallest absolute Gasteiger partial charge is 0.306 e. The van der Waals surface area contributed by atoms with Crippen LogP contribution in [0.25, 0.3) is 0 Å². The number of esters is 3. The normalized spacial score (nSPS) is 12.7. The lowest BCUT2D eigenvalue weighted by atomic mass is 10.0. The summed E-state index contributed by atoms with van der Waals surface area (Å²) >= 11 is 0. The first-order valence-electron chi connectivity index (χ1n) is 35.2. The molecule has 1 unspecified atom stereocenters. The predicted octanol–water partition coefficient (Wildman–Crippen LogP) is 24.4. The summed E-state index contributed by atoms with van der Waals surface area (Å²) < 4.78 is 16.9. The van der Waals surface area contributed by atoms with E-state index in [2.05, 4.69) is 118 Å². The second kappa shape index (κ2) is 69.8. The van der Waals surface area contributed by atoms with Crippen LogP contribution in [0.3, 0.4) is 0 Å². The van der Waals surface area contributed by atoms with E-state index in [-0.39, 0.29) is 31.1 Å². The molecule has 0 heterocycles. The number of hydrogen-bond donors (Lipinski definition) is 0. The number of allylic oxidation sites excluding steroid dienone is 16. The highest BCUT2D eigenvalue weighted by molar-refractivity contribution is 5.71. The Bertz CT molecular complexity index is 1590. The Labute approximate surface area is 508 Å². The average molecular weight is 1140 g/mol. The summed E-state index contributed by atoms with van der Waals surface area (Å²) in [5, 5.41) is 0. The zero-order valence-electron chi connectivity index (χ0n) is 54.2. The molecule has 0 aromatic heterocycles. The van der Waals surface area contributed by atoms with Gasteiger partial charge in [-0.25, -0.2) is 0 Å². The number of carbonyl (C=O) groups is 3. The molecule has 0 amide bonds. The van der Waals surface area contributed by atoms with Crippen molar-refractivity contribution in [2.75, 3.05) is 13.2 Å². The van der Waals surface area contributed by atoms with Gasteiger partial charge in [0.15, 0.2) is 6.10 Å². The lowest BCUT2D eigenvalue weighted by Gasteiger charge is -2.18. The summed E-state index contributed by atoms with van der Waals surface area (Å²) in [5.74, 6) is -0.907. The van der Waals surface area contributed by atoms with Crippen molar-refractivity contribution in [1.29, 1.82) is 0 Å². The first-order valence-corrected chi connectivity index (χ1v) is 35.2. The molecule has 0 rings (SSSR count). The Morgan fingerprint density at radius 1 is 0.256 bits per heavy atom. The van der Waals surface area contributed by atoms with Crippen molar-refractivity contribution in [1.82, 2.24) is 0 Å². The van der Waals surface area contributed by atoms with Crippen LogP contribution < -0.4 is 0 Å². The van der Waals surface area contributed by atoms with Gasteiger partial charge in [-0.15, -0.1) is 0 Å². The van der Waals surface area contributed by atoms with E-state index in [1.807, 2.05) is 0 Å². The van der Waals surface area contributed by atoms with Crippen molar-refractivity contribution < 1.29 is 28.6 Å². The van der Waals surface area contributed by atoms with Gasteiger partial charge in [0.05, 0.1) is 0 Å². The van der Waals surface area contributed by atoms with E-state index in [0.29, 0.717) is 19.3 Å². The molecule has 0 aromatic rings. The molecule has 0 bridgehead atoms. The van der Waals surface area contributed by atoms with Gasteiger partial charge in [0.2, 0.25) is 0 Å². The fraction of sp³-hybridized carbons (Fsp3) is 0.750. The number of carbonyl (C=O) groups excluding carboxylic acids is 3. The Hall–Kier alpha value is -3.67. The predicted molar refractivity (Wildman–Crippen MR) is 357 cm³/mol. The molecule has 0 fully saturated rings. The minimum atomic E-state index is -0.794. The SMILES string of the molecule is CC/C=C\C/C=C\C/C=C\C/C=C\CCCCCCC(=O)OC(COC(=O)CCCCCCC/C=C\CCCCCCC)COC(=O)CCCCCCCCCCCCCCCCCCCC/C=C\C/C=C\C/C=C\CCCCCCC. The maximum Gasteiger partial charge on any atom is 0.306 e. The van der Waals surface area contributed by atoms with Crippen LogP contribution in [-0.2, 0) is 28.6 Å². The molecule has 472 valence electrons.